The van der Waals surface area contributed by atoms with Gasteiger partial charge >= 0.3 is 0 Å². The van der Waals surface area contributed by atoms with E-state index >= 15 is 0 Å². The molecule has 0 atom stereocenters. The topological polar surface area (TPSA) is 55.6 Å². The Kier molecular flexibility index (Phi) is 5.71. The summed E-state index contributed by atoms with van der Waals surface area (Å²) in [6.07, 6.45) is 3.91. The van der Waals surface area contributed by atoms with Gasteiger partial charge in [-0.15, -0.1) is 0 Å². The predicted octanol–water partition coefficient (Wildman–Crippen LogP) is 5.73. The van der Waals surface area contributed by atoms with Crippen LogP contribution in [0.1, 0.15) is 11.1 Å². The van der Waals surface area contributed by atoms with Gasteiger partial charge in [-0.3, -0.25) is 4.79 Å². The maximum Gasteiger partial charge on any atom is 0.264 e. The number of hydrogen-bond donors (Lipinski definition) is 1. The molecule has 0 saturated carbocycles. The first kappa shape index (κ1) is 21.0. The minimum Gasteiger partial charge on any atom is -0.497 e. The third-order valence-electron chi connectivity index (χ3n) is 5.33. The van der Waals surface area contributed by atoms with Crippen LogP contribution in [0.2, 0.25) is 0 Å². The van der Waals surface area contributed by atoms with Crippen molar-refractivity contribution in [2.24, 2.45) is 4.99 Å². The molecule has 164 valence electrons. The van der Waals surface area contributed by atoms with Gasteiger partial charge in [0.05, 0.1) is 17.7 Å². The summed E-state index contributed by atoms with van der Waals surface area (Å²) >= 11 is 1.31. The molecular weight excluding hydrogens is 437 g/mol. The smallest absolute Gasteiger partial charge is 0.264 e. The molecule has 1 amide bonds. The first-order chi connectivity index (χ1) is 16.1. The second-order valence-corrected chi connectivity index (χ2v) is 8.57. The Hall–Kier alpha value is -3.84. The quantitative estimate of drug-likeness (QED) is 0.390. The zero-order chi connectivity index (χ0) is 22.8. The number of halogens is 1. The van der Waals surface area contributed by atoms with Crippen molar-refractivity contribution in [2.75, 3.05) is 7.11 Å². The number of nitrogens with one attached hydrogen (secondary N) is 1. The molecule has 1 aliphatic heterocycles. The fourth-order valence-electron chi connectivity index (χ4n) is 3.70. The van der Waals surface area contributed by atoms with Crippen molar-refractivity contribution in [2.45, 2.75) is 6.54 Å². The van der Waals surface area contributed by atoms with Crippen LogP contribution in [0.25, 0.3) is 17.0 Å². The summed E-state index contributed by atoms with van der Waals surface area (Å²) in [6, 6.07) is 21.9. The molecule has 1 N–H and O–H groups in total. The van der Waals surface area contributed by atoms with E-state index in [9.17, 15) is 9.18 Å². The Balaban J connectivity index is 1.44. The summed E-state index contributed by atoms with van der Waals surface area (Å²) in [6.45, 7) is 0.605. The molecule has 5 nitrogen and oxygen atoms in total. The third kappa shape index (κ3) is 4.54. The molecule has 1 aromatic heterocycles. The normalized spacial score (nSPS) is 16.0. The molecule has 5 rings (SSSR count). The van der Waals surface area contributed by atoms with Gasteiger partial charge in [0.1, 0.15) is 11.6 Å². The van der Waals surface area contributed by atoms with Crippen molar-refractivity contribution >= 4 is 45.5 Å². The number of ether oxygens (including phenoxy) is 1. The first-order valence-corrected chi connectivity index (χ1v) is 11.2. The second-order valence-electron chi connectivity index (χ2n) is 7.54. The largest absolute Gasteiger partial charge is 0.497 e. The number of carbonyl (C=O) groups is 1. The fourth-order valence-corrected chi connectivity index (χ4v) is 4.54. The summed E-state index contributed by atoms with van der Waals surface area (Å²) < 4.78 is 20.6. The number of amides is 1. The Labute approximate surface area is 194 Å². The predicted molar refractivity (Wildman–Crippen MR) is 131 cm³/mol. The lowest BCUT2D eigenvalue weighted by Crippen LogP contribution is -2.19. The van der Waals surface area contributed by atoms with Gasteiger partial charge in [0.15, 0.2) is 5.17 Å². The molecule has 1 fully saturated rings. The summed E-state index contributed by atoms with van der Waals surface area (Å²) in [5.74, 6) is 0.320. The number of methoxy groups -OCH3 is 1. The average Bonchev–Trinajstić information content (AvgIpc) is 3.35. The van der Waals surface area contributed by atoms with E-state index in [-0.39, 0.29) is 11.7 Å². The number of aliphatic imine (C=N–C) groups is 1. The van der Waals surface area contributed by atoms with Gasteiger partial charge in [-0.2, -0.15) is 0 Å². The highest BCUT2D eigenvalue weighted by Crippen LogP contribution is 2.31. The van der Waals surface area contributed by atoms with Crippen LogP contribution in [0.3, 0.4) is 0 Å². The van der Waals surface area contributed by atoms with Crippen LogP contribution in [-0.2, 0) is 11.3 Å². The standard InChI is InChI=1S/C26H20FN3O2S/c1-32-21-12-10-20(11-13-21)28-26-29-25(31)24(33-26)14-18-16-30(23-5-3-2-4-22(18)23)15-17-6-8-19(27)9-7-17/h2-14,16H,15H2,1H3,(H,28,29,31)/b24-14-. The van der Waals surface area contributed by atoms with Gasteiger partial charge in [0, 0.05) is 29.2 Å². The molecule has 7 heteroatoms. The summed E-state index contributed by atoms with van der Waals surface area (Å²) in [7, 11) is 1.61. The highest BCUT2D eigenvalue weighted by Gasteiger charge is 2.24. The molecule has 0 aliphatic carbocycles. The van der Waals surface area contributed by atoms with Gasteiger partial charge in [0.2, 0.25) is 0 Å². The van der Waals surface area contributed by atoms with Crippen molar-refractivity contribution < 1.29 is 13.9 Å². The highest BCUT2D eigenvalue weighted by molar-refractivity contribution is 8.18. The van der Waals surface area contributed by atoms with E-state index in [2.05, 4.69) is 14.9 Å². The maximum absolute atomic E-state index is 13.3. The van der Waals surface area contributed by atoms with E-state index in [1.807, 2.05) is 60.8 Å². The molecule has 1 saturated heterocycles. The van der Waals surface area contributed by atoms with E-state index in [4.69, 9.17) is 4.74 Å². The Morgan fingerprint density at radius 3 is 2.58 bits per heavy atom. The summed E-state index contributed by atoms with van der Waals surface area (Å²) in [4.78, 5) is 17.7. The van der Waals surface area contributed by atoms with Crippen molar-refractivity contribution in [1.82, 2.24) is 9.88 Å². The Bertz CT molecular complexity index is 1390. The average molecular weight is 458 g/mol. The highest BCUT2D eigenvalue weighted by atomic mass is 32.2. The molecule has 0 unspecified atom stereocenters. The molecule has 0 bridgehead atoms. The monoisotopic (exact) mass is 457 g/mol. The molecule has 0 radical (unpaired) electrons. The van der Waals surface area contributed by atoms with E-state index in [0.29, 0.717) is 16.6 Å². The number of fused-ring (bicyclic) bond motifs is 1. The Morgan fingerprint density at radius 1 is 1.06 bits per heavy atom. The van der Waals surface area contributed by atoms with Crippen molar-refractivity contribution in [3.05, 3.63) is 101 Å². The molecule has 33 heavy (non-hydrogen) atoms. The molecule has 1 aliphatic rings. The minimum atomic E-state index is -0.252. The SMILES string of the molecule is COc1ccc(N=C2NC(=O)/C(=C/c3cn(Cc4ccc(F)cc4)c4ccccc34)S2)cc1. The van der Waals surface area contributed by atoms with Crippen LogP contribution in [0.5, 0.6) is 5.75 Å². The number of thioether (sulfide) groups is 1. The number of rotatable bonds is 5. The Morgan fingerprint density at radius 2 is 1.82 bits per heavy atom. The molecule has 2 heterocycles. The maximum atomic E-state index is 13.3. The van der Waals surface area contributed by atoms with Gasteiger partial charge in [0.25, 0.3) is 5.91 Å². The number of amidine groups is 1. The van der Waals surface area contributed by atoms with Crippen molar-refractivity contribution in [3.8, 4) is 5.75 Å². The lowest BCUT2D eigenvalue weighted by atomic mass is 10.1. The lowest BCUT2D eigenvalue weighted by molar-refractivity contribution is -0.115. The molecular formula is C26H20FN3O2S. The van der Waals surface area contributed by atoms with Gasteiger partial charge in [-0.25, -0.2) is 9.38 Å². The number of aromatic nitrogens is 1. The molecule has 0 spiro atoms. The van der Waals surface area contributed by atoms with E-state index in [1.165, 1.54) is 23.9 Å². The molecule has 4 aromatic rings. The first-order valence-electron chi connectivity index (χ1n) is 10.3. The summed E-state index contributed by atoms with van der Waals surface area (Å²) in [5, 5.41) is 4.41. The van der Waals surface area contributed by atoms with Crippen LogP contribution < -0.4 is 10.1 Å². The van der Waals surface area contributed by atoms with Crippen LogP contribution in [0.4, 0.5) is 10.1 Å². The number of para-hydroxylation sites is 1. The van der Waals surface area contributed by atoms with Gasteiger partial charge in [-0.1, -0.05) is 30.3 Å². The van der Waals surface area contributed by atoms with Crippen LogP contribution in [0.15, 0.2) is 88.9 Å². The zero-order valence-electron chi connectivity index (χ0n) is 17.8. The van der Waals surface area contributed by atoms with Gasteiger partial charge in [-0.05, 0) is 65.9 Å². The van der Waals surface area contributed by atoms with E-state index in [0.717, 1.165) is 33.5 Å². The number of carbonyl (C=O) groups excluding carboxylic acids is 1. The number of hydrogen-bond acceptors (Lipinski definition) is 4. The number of benzene rings is 3. The molecule has 3 aromatic carbocycles. The van der Waals surface area contributed by atoms with Crippen LogP contribution in [0, 0.1) is 5.82 Å². The van der Waals surface area contributed by atoms with Crippen LogP contribution in [-0.4, -0.2) is 22.8 Å². The van der Waals surface area contributed by atoms with Gasteiger partial charge < -0.3 is 14.6 Å². The fraction of sp³-hybridized carbons (Fsp3) is 0.0769. The minimum absolute atomic E-state index is 0.178. The number of nitrogens with zero attached hydrogens (tertiary/aromatic N) is 2. The van der Waals surface area contributed by atoms with E-state index < -0.39 is 0 Å². The summed E-state index contributed by atoms with van der Waals surface area (Å²) in [5.41, 5.74) is 3.72. The zero-order valence-corrected chi connectivity index (χ0v) is 18.6. The third-order valence-corrected chi connectivity index (χ3v) is 6.24. The van der Waals surface area contributed by atoms with Crippen LogP contribution >= 0.6 is 11.8 Å². The van der Waals surface area contributed by atoms with E-state index in [1.54, 1.807) is 19.2 Å². The van der Waals surface area contributed by atoms with Crippen molar-refractivity contribution in [3.63, 3.8) is 0 Å². The lowest BCUT2D eigenvalue weighted by Gasteiger charge is -2.05. The second kappa shape index (κ2) is 8.96. The van der Waals surface area contributed by atoms with Crippen molar-refractivity contribution in [1.29, 1.82) is 0 Å².